The normalized spacial score (nSPS) is 9.33. The number of aromatic nitrogens is 2. The highest BCUT2D eigenvalue weighted by atomic mass is 14.6. The van der Waals surface area contributed by atoms with E-state index in [9.17, 15) is 0 Å². The van der Waals surface area contributed by atoms with Gasteiger partial charge in [0.05, 0.1) is 0 Å². The van der Waals surface area contributed by atoms with Crippen LogP contribution in [0.1, 0.15) is 11.1 Å². The molecule has 0 bridgehead atoms. The number of hydrogen-bond acceptors (Lipinski definition) is 3. The second-order valence-electron chi connectivity index (χ2n) is 3.21. The molecule has 0 saturated heterocycles. The Morgan fingerprint density at radius 3 is 1.33 bits per heavy atom. The molecule has 0 aliphatic heterocycles. The van der Waals surface area contributed by atoms with E-state index in [1.165, 1.54) is 11.1 Å². The van der Waals surface area contributed by atoms with Crippen LogP contribution in [0.2, 0.25) is 0 Å². The minimum absolute atomic E-state index is 0. The molecular formula is C12H15N3. The van der Waals surface area contributed by atoms with Gasteiger partial charge in [0.15, 0.2) is 0 Å². The topological polar surface area (TPSA) is 60.8 Å². The summed E-state index contributed by atoms with van der Waals surface area (Å²) in [6.07, 6.45) is 9.46. The maximum absolute atomic E-state index is 3.99. The molecule has 2 heterocycles. The first kappa shape index (κ1) is 11.3. The second-order valence-corrected chi connectivity index (χ2v) is 3.21. The van der Waals surface area contributed by atoms with Crippen molar-refractivity contribution in [2.45, 2.75) is 12.8 Å². The largest absolute Gasteiger partial charge is 0.344 e. The van der Waals surface area contributed by atoms with Gasteiger partial charge in [-0.25, -0.2) is 0 Å². The molecule has 0 radical (unpaired) electrons. The summed E-state index contributed by atoms with van der Waals surface area (Å²) in [4.78, 5) is 7.98. The molecule has 3 N–H and O–H groups in total. The molecule has 0 spiro atoms. The van der Waals surface area contributed by atoms with Crippen molar-refractivity contribution in [3.05, 3.63) is 60.2 Å². The van der Waals surface area contributed by atoms with E-state index in [4.69, 9.17) is 0 Å². The van der Waals surface area contributed by atoms with Gasteiger partial charge in [0.2, 0.25) is 0 Å². The smallest absolute Gasteiger partial charge is 0.0270 e. The highest BCUT2D eigenvalue weighted by Gasteiger charge is 1.93. The number of nitrogens with zero attached hydrogens (tertiary/aromatic N) is 2. The van der Waals surface area contributed by atoms with Crippen LogP contribution in [0.4, 0.5) is 0 Å². The van der Waals surface area contributed by atoms with Crippen molar-refractivity contribution >= 4 is 0 Å². The van der Waals surface area contributed by atoms with Crippen molar-refractivity contribution in [2.75, 3.05) is 0 Å². The molecule has 15 heavy (non-hydrogen) atoms. The molecule has 0 atom stereocenters. The van der Waals surface area contributed by atoms with Gasteiger partial charge in [0.25, 0.3) is 0 Å². The zero-order valence-corrected chi connectivity index (χ0v) is 8.63. The van der Waals surface area contributed by atoms with Gasteiger partial charge in [-0.1, -0.05) is 0 Å². The molecule has 0 unspecified atom stereocenters. The Labute approximate surface area is 89.8 Å². The number of rotatable bonds is 3. The molecule has 0 aromatic carbocycles. The van der Waals surface area contributed by atoms with Crippen molar-refractivity contribution in [3.8, 4) is 0 Å². The average molecular weight is 201 g/mol. The molecule has 3 nitrogen and oxygen atoms in total. The monoisotopic (exact) mass is 201 g/mol. The molecule has 2 aromatic heterocycles. The Morgan fingerprint density at radius 2 is 1.00 bits per heavy atom. The lowest BCUT2D eigenvalue weighted by Crippen LogP contribution is -1.91. The van der Waals surface area contributed by atoms with Crippen LogP contribution in [0.25, 0.3) is 0 Å². The summed E-state index contributed by atoms with van der Waals surface area (Å²) >= 11 is 0. The van der Waals surface area contributed by atoms with E-state index in [1.807, 2.05) is 24.8 Å². The highest BCUT2D eigenvalue weighted by Crippen LogP contribution is 2.04. The van der Waals surface area contributed by atoms with E-state index >= 15 is 0 Å². The molecule has 0 saturated carbocycles. The van der Waals surface area contributed by atoms with Crippen LogP contribution in [0.5, 0.6) is 0 Å². The SMILES string of the molecule is N.c1cc(CCc2ccncc2)ccn1. The fourth-order valence-corrected chi connectivity index (χ4v) is 1.39. The zero-order chi connectivity index (χ0) is 9.64. The molecule has 0 aliphatic carbocycles. The van der Waals surface area contributed by atoms with Gasteiger partial charge in [-0.3, -0.25) is 9.97 Å². The van der Waals surface area contributed by atoms with Gasteiger partial charge in [0, 0.05) is 24.8 Å². The lowest BCUT2D eigenvalue weighted by molar-refractivity contribution is 0.951. The molecule has 0 aliphatic rings. The van der Waals surface area contributed by atoms with Crippen LogP contribution < -0.4 is 6.15 Å². The summed E-state index contributed by atoms with van der Waals surface area (Å²) in [5, 5.41) is 0. The van der Waals surface area contributed by atoms with E-state index in [2.05, 4.69) is 34.2 Å². The van der Waals surface area contributed by atoms with Gasteiger partial charge in [-0.2, -0.15) is 0 Å². The molecule has 0 amide bonds. The summed E-state index contributed by atoms with van der Waals surface area (Å²) in [6, 6.07) is 8.23. The fraction of sp³-hybridized carbons (Fsp3) is 0.167. The van der Waals surface area contributed by atoms with Crippen molar-refractivity contribution in [3.63, 3.8) is 0 Å². The minimum Gasteiger partial charge on any atom is -0.344 e. The van der Waals surface area contributed by atoms with Crippen LogP contribution in [-0.4, -0.2) is 9.97 Å². The Bertz CT molecular complexity index is 333. The number of aryl methyl sites for hydroxylation is 2. The van der Waals surface area contributed by atoms with Crippen molar-refractivity contribution < 1.29 is 0 Å². The molecular weight excluding hydrogens is 186 g/mol. The van der Waals surface area contributed by atoms with Gasteiger partial charge in [-0.05, 0) is 48.2 Å². The molecule has 0 fully saturated rings. The van der Waals surface area contributed by atoms with Crippen LogP contribution >= 0.6 is 0 Å². The van der Waals surface area contributed by atoms with Gasteiger partial charge in [-0.15, -0.1) is 0 Å². The third-order valence-corrected chi connectivity index (χ3v) is 2.20. The standard InChI is InChI=1S/C12H12N2.H3N/c1(11-3-7-13-8-4-11)2-12-5-9-14-10-6-12;/h3-10H,1-2H2;1H3. The summed E-state index contributed by atoms with van der Waals surface area (Å²) in [5.41, 5.74) is 2.66. The summed E-state index contributed by atoms with van der Waals surface area (Å²) in [6.45, 7) is 0. The maximum atomic E-state index is 3.99. The van der Waals surface area contributed by atoms with Gasteiger partial charge in [0.1, 0.15) is 0 Å². The van der Waals surface area contributed by atoms with Crippen LogP contribution in [0, 0.1) is 0 Å². The molecule has 2 aromatic rings. The van der Waals surface area contributed by atoms with Gasteiger partial charge < -0.3 is 6.15 Å². The molecule has 78 valence electrons. The Balaban J connectivity index is 0.00000112. The second kappa shape index (κ2) is 5.88. The summed E-state index contributed by atoms with van der Waals surface area (Å²) in [7, 11) is 0. The quantitative estimate of drug-likeness (QED) is 0.829. The number of hydrogen-bond donors (Lipinski definition) is 1. The van der Waals surface area contributed by atoms with E-state index in [0.29, 0.717) is 0 Å². The van der Waals surface area contributed by atoms with Crippen molar-refractivity contribution in [1.29, 1.82) is 0 Å². The Morgan fingerprint density at radius 1 is 0.667 bits per heavy atom. The first-order valence-electron chi connectivity index (χ1n) is 4.73. The fourth-order valence-electron chi connectivity index (χ4n) is 1.39. The van der Waals surface area contributed by atoms with Crippen LogP contribution in [0.3, 0.4) is 0 Å². The summed E-state index contributed by atoms with van der Waals surface area (Å²) < 4.78 is 0. The first-order chi connectivity index (χ1) is 6.95. The molecule has 3 heteroatoms. The Kier molecular flexibility index (Phi) is 4.44. The average Bonchev–Trinajstić information content (AvgIpc) is 2.29. The van der Waals surface area contributed by atoms with Crippen LogP contribution in [0.15, 0.2) is 49.1 Å². The maximum Gasteiger partial charge on any atom is 0.0270 e. The van der Waals surface area contributed by atoms with E-state index in [1.54, 1.807) is 0 Å². The van der Waals surface area contributed by atoms with Gasteiger partial charge >= 0.3 is 0 Å². The lowest BCUT2D eigenvalue weighted by atomic mass is 10.1. The lowest BCUT2D eigenvalue weighted by Gasteiger charge is -2.00. The third kappa shape index (κ3) is 3.48. The van der Waals surface area contributed by atoms with Crippen molar-refractivity contribution in [2.24, 2.45) is 0 Å². The highest BCUT2D eigenvalue weighted by molar-refractivity contribution is 5.15. The summed E-state index contributed by atoms with van der Waals surface area (Å²) in [5.74, 6) is 0. The minimum atomic E-state index is 0. The van der Waals surface area contributed by atoms with E-state index in [-0.39, 0.29) is 6.15 Å². The predicted octanol–water partition coefficient (Wildman–Crippen LogP) is 2.42. The zero-order valence-electron chi connectivity index (χ0n) is 8.63. The first-order valence-corrected chi connectivity index (χ1v) is 4.73. The molecule has 2 rings (SSSR count). The predicted molar refractivity (Wildman–Crippen MR) is 60.9 cm³/mol. The van der Waals surface area contributed by atoms with Crippen LogP contribution in [-0.2, 0) is 12.8 Å². The van der Waals surface area contributed by atoms with E-state index < -0.39 is 0 Å². The van der Waals surface area contributed by atoms with E-state index in [0.717, 1.165) is 12.8 Å². The Hall–Kier alpha value is -1.74. The third-order valence-electron chi connectivity index (χ3n) is 2.20. The number of pyridine rings is 2. The van der Waals surface area contributed by atoms with Crippen molar-refractivity contribution in [1.82, 2.24) is 16.1 Å².